The number of halogens is 1. The zero-order chi connectivity index (χ0) is 37.7. The number of likely N-dealkylation sites (tertiary alicyclic amines) is 1. The average Bonchev–Trinajstić information content (AvgIpc) is 3.97. The second-order valence-electron chi connectivity index (χ2n) is 15.9. The van der Waals surface area contributed by atoms with Crippen molar-refractivity contribution in [2.45, 2.75) is 108 Å². The van der Waals surface area contributed by atoms with E-state index in [0.29, 0.717) is 24.0 Å². The fourth-order valence-electron chi connectivity index (χ4n) is 7.07. The number of fused-ring (bicyclic) bond motifs is 1. The van der Waals surface area contributed by atoms with Gasteiger partial charge in [0.1, 0.15) is 29.5 Å². The Hall–Kier alpha value is -4.46. The predicted octanol–water partition coefficient (Wildman–Crippen LogP) is 4.35. The van der Waals surface area contributed by atoms with Gasteiger partial charge in [-0.2, -0.15) is 0 Å². The van der Waals surface area contributed by atoms with Crippen LogP contribution in [0, 0.1) is 17.7 Å². The Balaban J connectivity index is 1.24. The maximum atomic E-state index is 14.5. The SMILES string of the molecule is C=C[C@@H]1C[C@]1(NC(=O)C1C[C@@H](OC(=O)N2Cc3cccc(F)c3C2)CN1C(=O)[C@@H](Nc1cccc(C(C)(C)C)c1)C(C)C)C(=O)NS(=O)(=O)C1CC1. The Labute approximate surface area is 304 Å². The molecule has 3 N–H and O–H groups in total. The second kappa shape index (κ2) is 13.8. The minimum Gasteiger partial charge on any atom is -0.444 e. The van der Waals surface area contributed by atoms with E-state index in [4.69, 9.17) is 4.74 Å². The molecule has 2 aliphatic carbocycles. The average molecular weight is 738 g/mol. The van der Waals surface area contributed by atoms with Gasteiger partial charge in [-0.3, -0.25) is 24.0 Å². The molecule has 0 bridgehead atoms. The summed E-state index contributed by atoms with van der Waals surface area (Å²) in [5, 5.41) is 5.49. The number of amides is 4. The minimum absolute atomic E-state index is 0.0252. The van der Waals surface area contributed by atoms with Crippen LogP contribution in [0.2, 0.25) is 0 Å². The molecule has 6 rings (SSSR count). The third-order valence-electron chi connectivity index (χ3n) is 10.5. The number of nitrogens with one attached hydrogen (secondary N) is 3. The van der Waals surface area contributed by atoms with Gasteiger partial charge in [-0.15, -0.1) is 6.58 Å². The van der Waals surface area contributed by atoms with Crippen LogP contribution in [0.5, 0.6) is 0 Å². The van der Waals surface area contributed by atoms with Crippen LogP contribution in [-0.4, -0.2) is 77.6 Å². The van der Waals surface area contributed by atoms with Crippen molar-refractivity contribution in [3.8, 4) is 0 Å². The number of ether oxygens (including phenoxy) is 1. The fourth-order valence-corrected chi connectivity index (χ4v) is 8.43. The molecule has 3 fully saturated rings. The number of carbonyl (C=O) groups is 4. The number of hydrogen-bond acceptors (Lipinski definition) is 8. The van der Waals surface area contributed by atoms with Gasteiger partial charge in [-0.25, -0.2) is 17.6 Å². The van der Waals surface area contributed by atoms with Crippen LogP contribution in [-0.2, 0) is 47.6 Å². The van der Waals surface area contributed by atoms with Crippen molar-refractivity contribution in [2.24, 2.45) is 11.8 Å². The largest absolute Gasteiger partial charge is 0.444 e. The summed E-state index contributed by atoms with van der Waals surface area (Å²) in [6.45, 7) is 13.9. The van der Waals surface area contributed by atoms with Gasteiger partial charge in [0.15, 0.2) is 0 Å². The van der Waals surface area contributed by atoms with Gasteiger partial charge in [-0.05, 0) is 59.9 Å². The zero-order valence-corrected chi connectivity index (χ0v) is 31.1. The van der Waals surface area contributed by atoms with Crippen LogP contribution in [0.3, 0.4) is 0 Å². The van der Waals surface area contributed by atoms with Gasteiger partial charge in [0.05, 0.1) is 18.3 Å². The summed E-state index contributed by atoms with van der Waals surface area (Å²) in [4.78, 5) is 58.2. The van der Waals surface area contributed by atoms with E-state index in [0.717, 1.165) is 11.3 Å². The lowest BCUT2D eigenvalue weighted by molar-refractivity contribution is -0.140. The summed E-state index contributed by atoms with van der Waals surface area (Å²) < 4.78 is 47.8. The first kappa shape index (κ1) is 37.3. The van der Waals surface area contributed by atoms with E-state index in [9.17, 15) is 32.0 Å². The molecule has 0 radical (unpaired) electrons. The Morgan fingerprint density at radius 1 is 1.08 bits per heavy atom. The lowest BCUT2D eigenvalue weighted by Crippen LogP contribution is -2.58. The first-order valence-electron chi connectivity index (χ1n) is 17.8. The first-order chi connectivity index (χ1) is 24.4. The van der Waals surface area contributed by atoms with Crippen LogP contribution in [0.4, 0.5) is 14.9 Å². The molecule has 2 aromatic rings. The van der Waals surface area contributed by atoms with Crippen LogP contribution >= 0.6 is 0 Å². The highest BCUT2D eigenvalue weighted by molar-refractivity contribution is 7.91. The highest BCUT2D eigenvalue weighted by Gasteiger charge is 2.62. The molecule has 14 heteroatoms. The van der Waals surface area contributed by atoms with E-state index in [1.807, 2.05) is 38.1 Å². The number of rotatable bonds is 11. The molecular formula is C38H48FN5O7S. The van der Waals surface area contributed by atoms with E-state index in [2.05, 4.69) is 42.7 Å². The number of sulfonamides is 1. The molecule has 4 amide bonds. The van der Waals surface area contributed by atoms with Crippen molar-refractivity contribution in [3.63, 3.8) is 0 Å². The molecule has 5 atom stereocenters. The molecule has 0 spiro atoms. The first-order valence-corrected chi connectivity index (χ1v) is 19.4. The number of nitrogens with zero attached hydrogens (tertiary/aromatic N) is 2. The third kappa shape index (κ3) is 7.53. The summed E-state index contributed by atoms with van der Waals surface area (Å²) in [7, 11) is -3.90. The maximum Gasteiger partial charge on any atom is 0.410 e. The molecule has 52 heavy (non-hydrogen) atoms. The van der Waals surface area contributed by atoms with E-state index in [-0.39, 0.29) is 43.8 Å². The molecule has 1 unspecified atom stereocenters. The lowest BCUT2D eigenvalue weighted by atomic mass is 9.87. The van der Waals surface area contributed by atoms with Crippen molar-refractivity contribution in [1.29, 1.82) is 0 Å². The maximum absolute atomic E-state index is 14.5. The Bertz CT molecular complexity index is 1890. The van der Waals surface area contributed by atoms with Crippen molar-refractivity contribution in [1.82, 2.24) is 19.8 Å². The van der Waals surface area contributed by atoms with E-state index in [1.54, 1.807) is 12.1 Å². The summed E-state index contributed by atoms with van der Waals surface area (Å²) >= 11 is 0. The molecule has 2 saturated carbocycles. The van der Waals surface area contributed by atoms with Crippen LogP contribution in [0.25, 0.3) is 0 Å². The number of carbonyl (C=O) groups excluding carboxylic acids is 4. The van der Waals surface area contributed by atoms with E-state index >= 15 is 0 Å². The molecule has 1 saturated heterocycles. The lowest BCUT2D eigenvalue weighted by Gasteiger charge is -2.32. The van der Waals surface area contributed by atoms with Crippen molar-refractivity contribution >= 4 is 39.5 Å². The molecular weight excluding hydrogens is 690 g/mol. The molecule has 2 heterocycles. The minimum atomic E-state index is -3.90. The van der Waals surface area contributed by atoms with E-state index in [1.165, 1.54) is 21.9 Å². The normalized spacial score (nSPS) is 24.6. The molecule has 4 aliphatic rings. The Morgan fingerprint density at radius 2 is 1.79 bits per heavy atom. The highest BCUT2D eigenvalue weighted by Crippen LogP contribution is 2.45. The summed E-state index contributed by atoms with van der Waals surface area (Å²) in [6.07, 6.45) is 0.868. The Kier molecular flexibility index (Phi) is 9.92. The summed E-state index contributed by atoms with van der Waals surface area (Å²) in [5.74, 6) is -3.10. The monoisotopic (exact) mass is 737 g/mol. The molecule has 2 aromatic carbocycles. The molecule has 280 valence electrons. The van der Waals surface area contributed by atoms with Gasteiger partial charge in [0.25, 0.3) is 5.91 Å². The van der Waals surface area contributed by atoms with Gasteiger partial charge in [0, 0.05) is 30.1 Å². The number of hydrogen-bond donors (Lipinski definition) is 3. The number of anilines is 1. The zero-order valence-electron chi connectivity index (χ0n) is 30.3. The summed E-state index contributed by atoms with van der Waals surface area (Å²) in [6, 6.07) is 10.5. The van der Waals surface area contributed by atoms with Crippen molar-refractivity contribution in [2.75, 3.05) is 11.9 Å². The second-order valence-corrected chi connectivity index (χ2v) is 17.8. The smallest absolute Gasteiger partial charge is 0.410 e. The fraction of sp³-hybridized carbons (Fsp3) is 0.526. The standard InChI is InChI=1S/C38H48FN5O7S/c1-7-24-18-38(24,35(47)42-52(49,50)28-14-15-28)41-33(45)31-17-27(51-36(48)43-19-23-10-8-13-30(39)29(23)21-43)20-44(31)34(46)32(22(2)3)40-26-12-9-11-25(16-26)37(4,5)6/h7-13,16,22,24,27-28,31-32,40H,1,14-15,17-21H2,2-6H3,(H,41,45)(H,42,47)/t24-,27-,31?,32+,38-/m1/s1. The van der Waals surface area contributed by atoms with E-state index < -0.39 is 74.5 Å². The topological polar surface area (TPSA) is 154 Å². The third-order valence-corrected chi connectivity index (χ3v) is 12.4. The predicted molar refractivity (Wildman–Crippen MR) is 193 cm³/mol. The van der Waals surface area contributed by atoms with Gasteiger partial charge in [-0.1, -0.05) is 65.0 Å². The molecule has 0 aromatic heterocycles. The Morgan fingerprint density at radius 3 is 2.40 bits per heavy atom. The van der Waals surface area contributed by atoms with Gasteiger partial charge >= 0.3 is 6.09 Å². The van der Waals surface area contributed by atoms with Crippen molar-refractivity contribution in [3.05, 3.63) is 77.6 Å². The summed E-state index contributed by atoms with van der Waals surface area (Å²) in [5.41, 5.74) is 1.18. The van der Waals surface area contributed by atoms with Crippen molar-refractivity contribution < 1.29 is 36.7 Å². The quantitative estimate of drug-likeness (QED) is 0.288. The van der Waals surface area contributed by atoms with Gasteiger partial charge < -0.3 is 20.3 Å². The van der Waals surface area contributed by atoms with Gasteiger partial charge in [0.2, 0.25) is 21.8 Å². The van der Waals surface area contributed by atoms with Crippen LogP contribution < -0.4 is 15.4 Å². The van der Waals surface area contributed by atoms with Crippen LogP contribution in [0.1, 0.15) is 77.0 Å². The highest BCUT2D eigenvalue weighted by atomic mass is 32.2. The molecule has 2 aliphatic heterocycles. The molecule has 12 nitrogen and oxygen atoms in total. The van der Waals surface area contributed by atoms with Crippen LogP contribution in [0.15, 0.2) is 55.1 Å². The number of benzene rings is 2.